The predicted octanol–water partition coefficient (Wildman–Crippen LogP) is 1.62. The van der Waals surface area contributed by atoms with Gasteiger partial charge >= 0.3 is 0 Å². The summed E-state index contributed by atoms with van der Waals surface area (Å²) in [4.78, 5) is 0. The van der Waals surface area contributed by atoms with E-state index in [1.165, 1.54) is 17.5 Å². The minimum Gasteiger partial charge on any atom is -0.0850 e. The molecule has 0 heterocycles. The van der Waals surface area contributed by atoms with E-state index in [4.69, 9.17) is 19.4 Å². The van der Waals surface area contributed by atoms with E-state index in [-0.39, 0.29) is 0 Å². The van der Waals surface area contributed by atoms with Crippen molar-refractivity contribution in [2.75, 3.05) is 0 Å². The van der Waals surface area contributed by atoms with E-state index in [1.54, 1.807) is 0 Å². The van der Waals surface area contributed by atoms with Gasteiger partial charge in [0.2, 0.25) is 0 Å². The van der Waals surface area contributed by atoms with Crippen LogP contribution in [0, 0.1) is 0 Å². The molecule has 0 fully saturated rings. The number of hydrogen-bond donors (Lipinski definition) is 0. The first-order valence-electron chi connectivity index (χ1n) is 3.85. The van der Waals surface area contributed by atoms with Gasteiger partial charge in [0.25, 0.3) is 0 Å². The quantitative estimate of drug-likeness (QED) is 0.509. The normalized spacial score (nSPS) is 15.0. The molecule has 54 valence electrons. The van der Waals surface area contributed by atoms with E-state index in [0.29, 0.717) is 5.02 Å². The Morgan fingerprint density at radius 3 is 2.91 bits per heavy atom. The maximum absolute atomic E-state index is 5.87. The molecule has 0 bridgehead atoms. The maximum Gasteiger partial charge on any atom is 0.116 e. The van der Waals surface area contributed by atoms with Crippen molar-refractivity contribution in [1.29, 1.82) is 0 Å². The Kier molecular flexibility index (Phi) is 1.69. The van der Waals surface area contributed by atoms with Crippen LogP contribution in [0.5, 0.6) is 0 Å². The van der Waals surface area contributed by atoms with Crippen LogP contribution in [0.25, 0.3) is 0 Å². The molecule has 2 rings (SSSR count). The van der Waals surface area contributed by atoms with Gasteiger partial charge in [-0.1, -0.05) is 28.7 Å². The summed E-state index contributed by atoms with van der Waals surface area (Å²) >= 11 is 5.87. The molecule has 2 heteroatoms. The van der Waals surface area contributed by atoms with E-state index in [2.05, 4.69) is 6.07 Å². The molecule has 1 aliphatic carbocycles. The van der Waals surface area contributed by atoms with Crippen molar-refractivity contribution in [2.24, 2.45) is 0 Å². The van der Waals surface area contributed by atoms with Gasteiger partial charge in [-0.05, 0) is 30.9 Å². The Morgan fingerprint density at radius 2 is 2.09 bits per heavy atom. The first kappa shape index (κ1) is 7.24. The first-order valence-corrected chi connectivity index (χ1v) is 4.22. The molecule has 0 saturated heterocycles. The lowest BCUT2D eigenvalue weighted by Gasteiger charge is -2.05. The van der Waals surface area contributed by atoms with Crippen LogP contribution in [0.3, 0.4) is 0 Å². The summed E-state index contributed by atoms with van der Waals surface area (Å²) < 4.78 is 0. The number of benzene rings is 1. The van der Waals surface area contributed by atoms with Crippen molar-refractivity contribution in [3.8, 4) is 0 Å². The van der Waals surface area contributed by atoms with E-state index in [9.17, 15) is 0 Å². The Bertz CT molecular complexity index is 294. The molecule has 0 unspecified atom stereocenters. The van der Waals surface area contributed by atoms with Gasteiger partial charge in [-0.25, -0.2) is 0 Å². The van der Waals surface area contributed by atoms with Gasteiger partial charge in [0.05, 0.1) is 0 Å². The molecule has 0 nitrogen and oxygen atoms in total. The van der Waals surface area contributed by atoms with E-state index >= 15 is 0 Å². The zero-order valence-corrected chi connectivity index (χ0v) is 6.99. The van der Waals surface area contributed by atoms with Crippen molar-refractivity contribution < 1.29 is 0 Å². The molecule has 0 amide bonds. The highest BCUT2D eigenvalue weighted by molar-refractivity contribution is 6.45. The lowest BCUT2D eigenvalue weighted by atomic mass is 9.88. The van der Waals surface area contributed by atoms with Crippen LogP contribution in [0.2, 0.25) is 5.02 Å². The zero-order valence-electron chi connectivity index (χ0n) is 6.23. The Hall–Kier alpha value is -0.425. The van der Waals surface area contributed by atoms with Crippen molar-refractivity contribution in [2.45, 2.75) is 19.3 Å². The van der Waals surface area contributed by atoms with Crippen LogP contribution in [-0.2, 0) is 12.8 Å². The molecular weight excluding hydrogens is 154 g/mol. The SMILES string of the molecule is [B]c1c(Cl)ccc2c1CCC2. The lowest BCUT2D eigenvalue weighted by molar-refractivity contribution is 0.913. The zero-order chi connectivity index (χ0) is 7.84. The molecule has 1 aromatic rings. The molecule has 0 saturated carbocycles. The standard InChI is InChI=1S/C9H8BCl/c10-9-7-3-1-2-6(7)4-5-8(9)11/h4-5H,1-3H2. The molecule has 2 radical (unpaired) electrons. The number of rotatable bonds is 0. The van der Waals surface area contributed by atoms with Crippen molar-refractivity contribution in [3.63, 3.8) is 0 Å². The fourth-order valence-electron chi connectivity index (χ4n) is 1.67. The number of aryl methyl sites for hydroxylation is 1. The second kappa shape index (κ2) is 2.56. The summed E-state index contributed by atoms with van der Waals surface area (Å²) in [5.74, 6) is 0. The average molecular weight is 162 g/mol. The van der Waals surface area contributed by atoms with Gasteiger partial charge in [-0.2, -0.15) is 0 Å². The van der Waals surface area contributed by atoms with E-state index in [0.717, 1.165) is 18.3 Å². The number of halogens is 1. The minimum atomic E-state index is 0.700. The van der Waals surface area contributed by atoms with Crippen molar-refractivity contribution in [1.82, 2.24) is 0 Å². The van der Waals surface area contributed by atoms with Crippen LogP contribution < -0.4 is 5.46 Å². The molecule has 0 aliphatic heterocycles. The third-order valence-electron chi connectivity index (χ3n) is 2.27. The topological polar surface area (TPSA) is 0 Å². The third kappa shape index (κ3) is 1.08. The summed E-state index contributed by atoms with van der Waals surface area (Å²) in [6.07, 6.45) is 3.48. The molecule has 0 spiro atoms. The molecule has 1 aliphatic rings. The lowest BCUT2D eigenvalue weighted by Crippen LogP contribution is -2.11. The van der Waals surface area contributed by atoms with Crippen molar-refractivity contribution in [3.05, 3.63) is 28.3 Å². The first-order chi connectivity index (χ1) is 5.29. The van der Waals surface area contributed by atoms with E-state index in [1.807, 2.05) is 6.07 Å². The Balaban J connectivity index is 2.62. The van der Waals surface area contributed by atoms with Gasteiger partial charge < -0.3 is 0 Å². The largest absolute Gasteiger partial charge is 0.116 e. The van der Waals surface area contributed by atoms with Gasteiger partial charge in [0, 0.05) is 5.02 Å². The highest BCUT2D eigenvalue weighted by Gasteiger charge is 2.13. The van der Waals surface area contributed by atoms with Gasteiger partial charge in [0.15, 0.2) is 0 Å². The summed E-state index contributed by atoms with van der Waals surface area (Å²) in [5, 5.41) is 0.700. The van der Waals surface area contributed by atoms with Crippen LogP contribution >= 0.6 is 11.6 Å². The highest BCUT2D eigenvalue weighted by atomic mass is 35.5. The van der Waals surface area contributed by atoms with E-state index < -0.39 is 0 Å². The third-order valence-corrected chi connectivity index (χ3v) is 2.60. The minimum absolute atomic E-state index is 0.700. The predicted molar refractivity (Wildman–Crippen MR) is 48.9 cm³/mol. The molecule has 0 N–H and O–H groups in total. The van der Waals surface area contributed by atoms with Gasteiger partial charge in [0.1, 0.15) is 7.85 Å². The molecule has 0 aromatic heterocycles. The van der Waals surface area contributed by atoms with Crippen molar-refractivity contribution >= 4 is 24.9 Å². The van der Waals surface area contributed by atoms with Crippen LogP contribution in [0.15, 0.2) is 12.1 Å². The fourth-order valence-corrected chi connectivity index (χ4v) is 1.84. The fraction of sp³-hybridized carbons (Fsp3) is 0.333. The summed E-state index contributed by atoms with van der Waals surface area (Å²) in [7, 11) is 5.80. The molecule has 0 atom stereocenters. The summed E-state index contributed by atoms with van der Waals surface area (Å²) in [6.45, 7) is 0. The van der Waals surface area contributed by atoms with Gasteiger partial charge in [-0.3, -0.25) is 0 Å². The van der Waals surface area contributed by atoms with Gasteiger partial charge in [-0.15, -0.1) is 0 Å². The van der Waals surface area contributed by atoms with Crippen LogP contribution in [-0.4, -0.2) is 7.85 Å². The summed E-state index contributed by atoms with van der Waals surface area (Å²) in [5.41, 5.74) is 3.45. The molecule has 11 heavy (non-hydrogen) atoms. The Morgan fingerprint density at radius 1 is 1.27 bits per heavy atom. The summed E-state index contributed by atoms with van der Waals surface area (Å²) in [6, 6.07) is 3.97. The number of fused-ring (bicyclic) bond motifs is 1. The smallest absolute Gasteiger partial charge is 0.0850 e. The second-order valence-corrected chi connectivity index (χ2v) is 3.36. The number of hydrogen-bond acceptors (Lipinski definition) is 0. The maximum atomic E-state index is 5.87. The monoisotopic (exact) mass is 162 g/mol. The average Bonchev–Trinajstić information content (AvgIpc) is 2.45. The van der Waals surface area contributed by atoms with Crippen LogP contribution in [0.4, 0.5) is 0 Å². The highest BCUT2D eigenvalue weighted by Crippen LogP contribution is 2.22. The molecule has 1 aromatic carbocycles. The molecular formula is C9H8BCl. The Labute approximate surface area is 73.0 Å². The van der Waals surface area contributed by atoms with Crippen LogP contribution in [0.1, 0.15) is 17.5 Å². The second-order valence-electron chi connectivity index (χ2n) is 2.95.